The van der Waals surface area contributed by atoms with Crippen molar-refractivity contribution in [1.29, 1.82) is 0 Å². The van der Waals surface area contributed by atoms with Crippen LogP contribution < -0.4 is 10.2 Å². The van der Waals surface area contributed by atoms with E-state index in [1.807, 2.05) is 54.6 Å². The molecule has 4 rings (SSSR count). The van der Waals surface area contributed by atoms with Gasteiger partial charge in [0, 0.05) is 5.39 Å². The highest BCUT2D eigenvalue weighted by molar-refractivity contribution is 5.90. The van der Waals surface area contributed by atoms with Crippen molar-refractivity contribution in [2.75, 3.05) is 12.5 Å². The van der Waals surface area contributed by atoms with Gasteiger partial charge in [-0.1, -0.05) is 53.6 Å². The van der Waals surface area contributed by atoms with Crippen molar-refractivity contribution in [1.82, 2.24) is 20.2 Å². The first-order valence-corrected chi connectivity index (χ1v) is 8.05. The minimum Gasteiger partial charge on any atom is -0.497 e. The van der Waals surface area contributed by atoms with Crippen molar-refractivity contribution in [3.63, 3.8) is 0 Å². The summed E-state index contributed by atoms with van der Waals surface area (Å²) in [7, 11) is 1.63. The summed E-state index contributed by atoms with van der Waals surface area (Å²) < 4.78 is 6.84. The van der Waals surface area contributed by atoms with Crippen molar-refractivity contribution in [2.45, 2.75) is 0 Å². The molecule has 7 nitrogen and oxygen atoms in total. The van der Waals surface area contributed by atoms with Crippen LogP contribution in [0.5, 0.6) is 5.75 Å². The second-order valence-electron chi connectivity index (χ2n) is 5.56. The maximum absolute atomic E-state index is 5.21. The van der Waals surface area contributed by atoms with E-state index in [9.17, 15) is 0 Å². The number of methoxy groups -OCH3 is 1. The molecule has 0 aliphatic heterocycles. The van der Waals surface area contributed by atoms with E-state index in [0.29, 0.717) is 5.95 Å². The zero-order valence-electron chi connectivity index (χ0n) is 14.1. The Morgan fingerprint density at radius 3 is 2.81 bits per heavy atom. The molecule has 0 aliphatic rings. The van der Waals surface area contributed by atoms with Gasteiger partial charge in [0.15, 0.2) is 0 Å². The summed E-state index contributed by atoms with van der Waals surface area (Å²) in [6, 6.07) is 21.7. The van der Waals surface area contributed by atoms with Crippen molar-refractivity contribution < 1.29 is 4.74 Å². The van der Waals surface area contributed by atoms with Gasteiger partial charge in [-0.25, -0.2) is 5.43 Å². The van der Waals surface area contributed by atoms with Crippen LogP contribution in [-0.4, -0.2) is 33.5 Å². The highest BCUT2D eigenvalue weighted by Gasteiger charge is 2.10. The summed E-state index contributed by atoms with van der Waals surface area (Å²) in [4.78, 5) is 0. The summed E-state index contributed by atoms with van der Waals surface area (Å²) in [6.07, 6.45) is 1.69. The molecule has 0 amide bonds. The number of hydrogen-bond donors (Lipinski definition) is 1. The minimum atomic E-state index is 0.431. The number of fused-ring (bicyclic) bond motifs is 1. The molecule has 0 atom stereocenters. The van der Waals surface area contributed by atoms with E-state index in [1.54, 1.807) is 18.0 Å². The van der Waals surface area contributed by atoms with Crippen LogP contribution in [0.4, 0.5) is 5.95 Å². The molecule has 0 radical (unpaired) electrons. The third-order valence-electron chi connectivity index (χ3n) is 3.94. The molecule has 7 heteroatoms. The smallest absolute Gasteiger partial charge is 0.268 e. The molecular formula is C19H16N6O. The quantitative estimate of drug-likeness (QED) is 0.444. The average Bonchev–Trinajstić information content (AvgIpc) is 3.16. The number of hydrogen-bond acceptors (Lipinski definition) is 6. The molecule has 0 saturated heterocycles. The lowest BCUT2D eigenvalue weighted by atomic mass is 10.1. The fraction of sp³-hybridized carbons (Fsp3) is 0.0526. The summed E-state index contributed by atoms with van der Waals surface area (Å²) in [5.74, 6) is 1.20. The van der Waals surface area contributed by atoms with E-state index < -0.39 is 0 Å². The molecule has 1 aromatic heterocycles. The number of tetrazole rings is 1. The molecule has 0 aliphatic carbocycles. The molecule has 3 aromatic carbocycles. The second-order valence-corrected chi connectivity index (χ2v) is 5.56. The Labute approximate surface area is 149 Å². The Bertz CT molecular complexity index is 1070. The highest BCUT2D eigenvalue weighted by Crippen LogP contribution is 2.23. The van der Waals surface area contributed by atoms with Crippen LogP contribution in [0.1, 0.15) is 5.56 Å². The lowest BCUT2D eigenvalue weighted by Crippen LogP contribution is -2.04. The molecule has 4 aromatic rings. The molecule has 1 heterocycles. The van der Waals surface area contributed by atoms with Crippen LogP contribution in [-0.2, 0) is 0 Å². The summed E-state index contributed by atoms with van der Waals surface area (Å²) in [5.41, 5.74) is 4.68. The van der Waals surface area contributed by atoms with E-state index in [1.165, 1.54) is 0 Å². The molecule has 0 unspecified atom stereocenters. The first-order chi connectivity index (χ1) is 12.8. The summed E-state index contributed by atoms with van der Waals surface area (Å²) >= 11 is 0. The Morgan fingerprint density at radius 2 is 1.88 bits per heavy atom. The van der Waals surface area contributed by atoms with Crippen LogP contribution in [0.25, 0.3) is 16.5 Å². The van der Waals surface area contributed by atoms with Crippen LogP contribution >= 0.6 is 0 Å². The molecule has 0 bridgehead atoms. The normalized spacial score (nSPS) is 11.1. The third kappa shape index (κ3) is 3.10. The molecule has 1 N–H and O–H groups in total. The number of nitrogens with zero attached hydrogens (tertiary/aromatic N) is 5. The third-order valence-corrected chi connectivity index (χ3v) is 3.94. The van der Waals surface area contributed by atoms with Gasteiger partial charge in [-0.3, -0.25) is 0 Å². The largest absolute Gasteiger partial charge is 0.497 e. The van der Waals surface area contributed by atoms with Gasteiger partial charge in [0.1, 0.15) is 5.75 Å². The molecule has 26 heavy (non-hydrogen) atoms. The standard InChI is InChI=1S/C19H16N6O/c1-26-16-9-4-6-14(12-16)13-20-21-19-22-23-24-25(19)18-11-5-8-15-7-2-3-10-17(15)18/h2-13H,1H3,(H,21,22,24). The molecule has 0 fully saturated rings. The first-order valence-electron chi connectivity index (χ1n) is 8.05. The fourth-order valence-corrected chi connectivity index (χ4v) is 2.70. The van der Waals surface area contributed by atoms with Crippen LogP contribution in [0.15, 0.2) is 71.8 Å². The summed E-state index contributed by atoms with van der Waals surface area (Å²) in [5, 5.41) is 18.3. The number of anilines is 1. The number of benzene rings is 3. The predicted octanol–water partition coefficient (Wildman–Crippen LogP) is 3.27. The zero-order chi connectivity index (χ0) is 17.8. The fourth-order valence-electron chi connectivity index (χ4n) is 2.70. The van der Waals surface area contributed by atoms with Gasteiger partial charge in [-0.15, -0.1) is 0 Å². The number of hydrazone groups is 1. The Morgan fingerprint density at radius 1 is 1.04 bits per heavy atom. The molecular weight excluding hydrogens is 328 g/mol. The molecule has 128 valence electrons. The first kappa shape index (κ1) is 15.8. The number of rotatable bonds is 5. The SMILES string of the molecule is COc1cccc(C=NNc2nnnn2-c2cccc3ccccc23)c1. The van der Waals surface area contributed by atoms with Crippen LogP contribution in [0, 0.1) is 0 Å². The van der Waals surface area contributed by atoms with E-state index >= 15 is 0 Å². The van der Waals surface area contributed by atoms with Gasteiger partial charge >= 0.3 is 0 Å². The van der Waals surface area contributed by atoms with Crippen molar-refractivity contribution in [2.24, 2.45) is 5.10 Å². The second kappa shape index (κ2) is 7.02. The van der Waals surface area contributed by atoms with Gasteiger partial charge in [-0.05, 0) is 39.6 Å². The summed E-state index contributed by atoms with van der Waals surface area (Å²) in [6.45, 7) is 0. The lowest BCUT2D eigenvalue weighted by Gasteiger charge is -2.07. The van der Waals surface area contributed by atoms with E-state index in [-0.39, 0.29) is 0 Å². The Balaban J connectivity index is 1.62. The van der Waals surface area contributed by atoms with Gasteiger partial charge in [-0.2, -0.15) is 9.78 Å². The van der Waals surface area contributed by atoms with Crippen molar-refractivity contribution in [3.05, 3.63) is 72.3 Å². The van der Waals surface area contributed by atoms with E-state index in [0.717, 1.165) is 27.8 Å². The topological polar surface area (TPSA) is 77.2 Å². The van der Waals surface area contributed by atoms with E-state index in [4.69, 9.17) is 4.74 Å². The van der Waals surface area contributed by atoms with Crippen LogP contribution in [0.2, 0.25) is 0 Å². The van der Waals surface area contributed by atoms with E-state index in [2.05, 4.69) is 38.2 Å². The predicted molar refractivity (Wildman–Crippen MR) is 101 cm³/mol. The van der Waals surface area contributed by atoms with Gasteiger partial charge in [0.25, 0.3) is 5.95 Å². The maximum Gasteiger partial charge on any atom is 0.268 e. The van der Waals surface area contributed by atoms with Crippen LogP contribution in [0.3, 0.4) is 0 Å². The van der Waals surface area contributed by atoms with Gasteiger partial charge < -0.3 is 4.74 Å². The number of aromatic nitrogens is 4. The Kier molecular flexibility index (Phi) is 4.26. The molecule has 0 spiro atoms. The lowest BCUT2D eigenvalue weighted by molar-refractivity contribution is 0.415. The van der Waals surface area contributed by atoms with Gasteiger partial charge in [0.05, 0.1) is 19.0 Å². The zero-order valence-corrected chi connectivity index (χ0v) is 14.1. The monoisotopic (exact) mass is 344 g/mol. The highest BCUT2D eigenvalue weighted by atomic mass is 16.5. The van der Waals surface area contributed by atoms with Gasteiger partial charge in [0.2, 0.25) is 0 Å². The maximum atomic E-state index is 5.21. The molecule has 0 saturated carbocycles. The average molecular weight is 344 g/mol. The Hall–Kier alpha value is -3.74. The van der Waals surface area contributed by atoms with Crippen molar-refractivity contribution >= 4 is 22.9 Å². The number of ether oxygens (including phenoxy) is 1. The minimum absolute atomic E-state index is 0.431. The van der Waals surface area contributed by atoms with Crippen molar-refractivity contribution in [3.8, 4) is 11.4 Å². The number of nitrogens with one attached hydrogen (secondary N) is 1.